The molecular formula is C20H22N4O. The highest BCUT2D eigenvalue weighted by Gasteiger charge is 2.31. The summed E-state index contributed by atoms with van der Waals surface area (Å²) in [5, 5.41) is 0. The number of nitrogens with zero attached hydrogens (tertiary/aromatic N) is 4. The number of imidazole rings is 1. The van der Waals surface area contributed by atoms with Crippen molar-refractivity contribution in [1.29, 1.82) is 0 Å². The fourth-order valence-corrected chi connectivity index (χ4v) is 3.62. The van der Waals surface area contributed by atoms with Crippen molar-refractivity contribution in [2.45, 2.75) is 26.2 Å². The molecule has 1 fully saturated rings. The van der Waals surface area contributed by atoms with Crippen LogP contribution in [-0.2, 0) is 7.05 Å². The van der Waals surface area contributed by atoms with E-state index in [0.29, 0.717) is 6.54 Å². The SMILES string of the molecule is Cc1ccc(C(=O)N2CC[C@H](c3nc4cccnc4n3C)C2)cc1C. The average molecular weight is 334 g/mol. The number of hydrogen-bond donors (Lipinski definition) is 0. The van der Waals surface area contributed by atoms with Crippen molar-refractivity contribution in [2.75, 3.05) is 13.1 Å². The van der Waals surface area contributed by atoms with Gasteiger partial charge in [-0.05, 0) is 55.7 Å². The molecule has 0 bridgehead atoms. The van der Waals surface area contributed by atoms with Gasteiger partial charge in [0.15, 0.2) is 5.65 Å². The van der Waals surface area contributed by atoms with Gasteiger partial charge < -0.3 is 9.47 Å². The summed E-state index contributed by atoms with van der Waals surface area (Å²) in [5.41, 5.74) is 4.96. The van der Waals surface area contributed by atoms with Crippen molar-refractivity contribution >= 4 is 17.1 Å². The van der Waals surface area contributed by atoms with E-state index in [-0.39, 0.29) is 11.8 Å². The lowest BCUT2D eigenvalue weighted by Crippen LogP contribution is -2.28. The summed E-state index contributed by atoms with van der Waals surface area (Å²) < 4.78 is 2.06. The molecule has 4 rings (SSSR count). The molecule has 5 nitrogen and oxygen atoms in total. The minimum atomic E-state index is 0.113. The van der Waals surface area contributed by atoms with E-state index in [1.54, 1.807) is 6.20 Å². The van der Waals surface area contributed by atoms with E-state index in [9.17, 15) is 4.79 Å². The average Bonchev–Trinajstić information content (AvgIpc) is 3.22. The summed E-state index contributed by atoms with van der Waals surface area (Å²) in [4.78, 5) is 23.9. The zero-order valence-electron chi connectivity index (χ0n) is 14.9. The predicted molar refractivity (Wildman–Crippen MR) is 97.7 cm³/mol. The second kappa shape index (κ2) is 5.99. The molecule has 1 aliphatic heterocycles. The summed E-state index contributed by atoms with van der Waals surface area (Å²) in [6.07, 6.45) is 2.73. The summed E-state index contributed by atoms with van der Waals surface area (Å²) in [5.74, 6) is 1.39. The van der Waals surface area contributed by atoms with Crippen LogP contribution in [0.3, 0.4) is 0 Å². The van der Waals surface area contributed by atoms with Gasteiger partial charge in [0.2, 0.25) is 0 Å². The first-order valence-corrected chi connectivity index (χ1v) is 8.68. The van der Waals surface area contributed by atoms with Gasteiger partial charge in [0, 0.05) is 37.8 Å². The Bertz CT molecular complexity index is 959. The third-order valence-electron chi connectivity index (χ3n) is 5.26. The van der Waals surface area contributed by atoms with Crippen molar-refractivity contribution in [3.8, 4) is 0 Å². The highest BCUT2D eigenvalue weighted by molar-refractivity contribution is 5.94. The number of aryl methyl sites for hydroxylation is 3. The quantitative estimate of drug-likeness (QED) is 0.723. The van der Waals surface area contributed by atoms with Crippen LogP contribution < -0.4 is 0 Å². The largest absolute Gasteiger partial charge is 0.338 e. The maximum atomic E-state index is 12.8. The van der Waals surface area contributed by atoms with Gasteiger partial charge in [0.25, 0.3) is 5.91 Å². The van der Waals surface area contributed by atoms with Gasteiger partial charge in [-0.2, -0.15) is 0 Å². The Labute approximate surface area is 147 Å². The van der Waals surface area contributed by atoms with Gasteiger partial charge in [-0.15, -0.1) is 0 Å². The Morgan fingerprint density at radius 2 is 2.04 bits per heavy atom. The number of amides is 1. The van der Waals surface area contributed by atoms with Gasteiger partial charge in [0.1, 0.15) is 11.3 Å². The van der Waals surface area contributed by atoms with Gasteiger partial charge in [-0.25, -0.2) is 9.97 Å². The molecule has 25 heavy (non-hydrogen) atoms. The maximum absolute atomic E-state index is 12.8. The van der Waals surface area contributed by atoms with Crippen LogP contribution in [0.1, 0.15) is 39.6 Å². The monoisotopic (exact) mass is 334 g/mol. The van der Waals surface area contributed by atoms with Crippen molar-refractivity contribution in [1.82, 2.24) is 19.4 Å². The Balaban J connectivity index is 1.57. The molecule has 1 amide bonds. The highest BCUT2D eigenvalue weighted by atomic mass is 16.2. The van der Waals surface area contributed by atoms with E-state index in [0.717, 1.165) is 41.1 Å². The molecule has 0 saturated carbocycles. The first-order valence-electron chi connectivity index (χ1n) is 8.68. The molecule has 3 aromatic rings. The Morgan fingerprint density at radius 1 is 1.20 bits per heavy atom. The molecule has 0 unspecified atom stereocenters. The number of hydrogen-bond acceptors (Lipinski definition) is 3. The van der Waals surface area contributed by atoms with Gasteiger partial charge in [0.05, 0.1) is 0 Å². The molecule has 2 aromatic heterocycles. The molecule has 3 heterocycles. The van der Waals surface area contributed by atoms with E-state index in [1.165, 1.54) is 5.56 Å². The number of likely N-dealkylation sites (tertiary alicyclic amines) is 1. The first-order chi connectivity index (χ1) is 12.0. The first kappa shape index (κ1) is 15.8. The summed E-state index contributed by atoms with van der Waals surface area (Å²) in [7, 11) is 2.01. The number of rotatable bonds is 2. The van der Waals surface area contributed by atoms with Crippen LogP contribution in [0.15, 0.2) is 36.5 Å². The molecule has 1 aliphatic rings. The van der Waals surface area contributed by atoms with E-state index in [1.807, 2.05) is 49.2 Å². The minimum Gasteiger partial charge on any atom is -0.338 e. The lowest BCUT2D eigenvalue weighted by molar-refractivity contribution is 0.0790. The van der Waals surface area contributed by atoms with E-state index in [2.05, 4.69) is 16.5 Å². The number of pyridine rings is 1. The van der Waals surface area contributed by atoms with Crippen molar-refractivity contribution < 1.29 is 4.79 Å². The molecule has 0 N–H and O–H groups in total. The molecule has 128 valence electrons. The van der Waals surface area contributed by atoms with Crippen LogP contribution in [0, 0.1) is 13.8 Å². The van der Waals surface area contributed by atoms with Crippen molar-refractivity contribution in [2.24, 2.45) is 7.05 Å². The normalized spacial score (nSPS) is 17.4. The van der Waals surface area contributed by atoms with Gasteiger partial charge >= 0.3 is 0 Å². The molecular weight excluding hydrogens is 312 g/mol. The highest BCUT2D eigenvalue weighted by Crippen LogP contribution is 2.29. The van der Waals surface area contributed by atoms with Crippen molar-refractivity contribution in [3.05, 3.63) is 59.0 Å². The minimum absolute atomic E-state index is 0.113. The Kier molecular flexibility index (Phi) is 3.79. The lowest BCUT2D eigenvalue weighted by Gasteiger charge is -2.17. The summed E-state index contributed by atoms with van der Waals surface area (Å²) in [6.45, 7) is 5.59. The van der Waals surface area contributed by atoms with E-state index >= 15 is 0 Å². The fourth-order valence-electron chi connectivity index (χ4n) is 3.62. The number of carbonyl (C=O) groups is 1. The third-order valence-corrected chi connectivity index (χ3v) is 5.26. The summed E-state index contributed by atoms with van der Waals surface area (Å²) in [6, 6.07) is 9.83. The molecule has 1 aromatic carbocycles. The van der Waals surface area contributed by atoms with Crippen LogP contribution in [0.4, 0.5) is 0 Å². The second-order valence-corrected chi connectivity index (χ2v) is 6.91. The molecule has 5 heteroatoms. The van der Waals surface area contributed by atoms with Crippen LogP contribution in [0.25, 0.3) is 11.2 Å². The van der Waals surface area contributed by atoms with Crippen molar-refractivity contribution in [3.63, 3.8) is 0 Å². The predicted octanol–water partition coefficient (Wildman–Crippen LogP) is 3.21. The molecule has 0 aliphatic carbocycles. The van der Waals surface area contributed by atoms with Crippen LogP contribution >= 0.6 is 0 Å². The van der Waals surface area contributed by atoms with E-state index < -0.39 is 0 Å². The number of aromatic nitrogens is 3. The molecule has 0 spiro atoms. The Morgan fingerprint density at radius 3 is 2.80 bits per heavy atom. The fraction of sp³-hybridized carbons (Fsp3) is 0.350. The molecule has 1 saturated heterocycles. The summed E-state index contributed by atoms with van der Waals surface area (Å²) >= 11 is 0. The zero-order chi connectivity index (χ0) is 17.6. The molecule has 0 radical (unpaired) electrons. The smallest absolute Gasteiger partial charge is 0.253 e. The van der Waals surface area contributed by atoms with E-state index in [4.69, 9.17) is 4.98 Å². The Hall–Kier alpha value is -2.69. The van der Waals surface area contributed by atoms with Crippen LogP contribution in [-0.4, -0.2) is 38.4 Å². The zero-order valence-corrected chi connectivity index (χ0v) is 14.9. The lowest BCUT2D eigenvalue weighted by atomic mass is 10.1. The van der Waals surface area contributed by atoms with Gasteiger partial charge in [-0.1, -0.05) is 6.07 Å². The van der Waals surface area contributed by atoms with Gasteiger partial charge in [-0.3, -0.25) is 4.79 Å². The second-order valence-electron chi connectivity index (χ2n) is 6.91. The number of benzene rings is 1. The standard InChI is InChI=1S/C20H22N4O/c1-13-6-7-15(11-14(13)2)20(25)24-10-8-16(12-24)18-22-17-5-4-9-21-19(17)23(18)3/h4-7,9,11,16H,8,10,12H2,1-3H3/t16-/m0/s1. The third kappa shape index (κ3) is 2.69. The maximum Gasteiger partial charge on any atom is 0.253 e. The van der Waals surface area contributed by atoms with Crippen LogP contribution in [0.2, 0.25) is 0 Å². The number of fused-ring (bicyclic) bond motifs is 1. The molecule has 1 atom stereocenters. The number of carbonyl (C=O) groups excluding carboxylic acids is 1. The van der Waals surface area contributed by atoms with Crippen LogP contribution in [0.5, 0.6) is 0 Å². The topological polar surface area (TPSA) is 51.0 Å².